The molecule has 3 aromatic rings. The molecule has 0 radical (unpaired) electrons. The van der Waals surface area contributed by atoms with Gasteiger partial charge in [0.25, 0.3) is 10.0 Å². The van der Waals surface area contributed by atoms with Crippen LogP contribution in [-0.4, -0.2) is 44.8 Å². The Balaban J connectivity index is 1.71. The van der Waals surface area contributed by atoms with Crippen molar-refractivity contribution >= 4 is 26.8 Å². The van der Waals surface area contributed by atoms with Crippen LogP contribution in [0, 0.1) is 5.92 Å². The van der Waals surface area contributed by atoms with Crippen LogP contribution in [0.5, 0.6) is 0 Å². The maximum atomic E-state index is 12.7. The van der Waals surface area contributed by atoms with Gasteiger partial charge in [0.2, 0.25) is 0 Å². The first-order chi connectivity index (χ1) is 12.4. The third kappa shape index (κ3) is 2.75. The first kappa shape index (κ1) is 17.3. The van der Waals surface area contributed by atoms with Crippen LogP contribution < -0.4 is 4.72 Å². The monoisotopic (exact) mass is 384 g/mol. The first-order valence-electron chi connectivity index (χ1n) is 8.37. The molecule has 3 aromatic heterocycles. The maximum absolute atomic E-state index is 12.7. The van der Waals surface area contributed by atoms with Gasteiger partial charge in [0.1, 0.15) is 5.82 Å². The van der Waals surface area contributed by atoms with Gasteiger partial charge in [0.05, 0.1) is 11.7 Å². The van der Waals surface area contributed by atoms with Crippen molar-refractivity contribution in [1.29, 1.82) is 0 Å². The molecule has 0 amide bonds. The summed E-state index contributed by atoms with van der Waals surface area (Å²) >= 11 is 0. The molecule has 3 unspecified atom stereocenters. The average Bonchev–Trinajstić information content (AvgIpc) is 3.30. The molecule has 0 bridgehead atoms. The number of halogens is 2. The normalized spacial score (nSPS) is 24.2. The molecule has 11 heteroatoms. The van der Waals surface area contributed by atoms with Crippen LogP contribution in [0.2, 0.25) is 0 Å². The van der Waals surface area contributed by atoms with E-state index in [-0.39, 0.29) is 11.8 Å². The van der Waals surface area contributed by atoms with Crippen LogP contribution in [0.25, 0.3) is 16.8 Å². The van der Waals surface area contributed by atoms with Crippen LogP contribution in [-0.2, 0) is 10.0 Å². The highest BCUT2D eigenvalue weighted by Crippen LogP contribution is 2.41. The van der Waals surface area contributed by atoms with E-state index >= 15 is 0 Å². The Kier molecular flexibility index (Phi) is 4.14. The zero-order valence-corrected chi connectivity index (χ0v) is 14.7. The van der Waals surface area contributed by atoms with E-state index in [2.05, 4.69) is 24.9 Å². The van der Waals surface area contributed by atoms with Crippen molar-refractivity contribution in [3.05, 3.63) is 24.3 Å². The standard InChI is InChI=1S/C15H18F2N6O2S/c1-2-8-5-9(22-26(24,25)15(16)17)6-10(8)14-21-20-12-7-19-13-11(23(12)14)3-4-18-13/h3-4,7-10,15,18,22H,2,5-6H2,1H3. The number of hydrogen-bond donors (Lipinski definition) is 2. The number of nitrogens with zero attached hydrogens (tertiary/aromatic N) is 4. The summed E-state index contributed by atoms with van der Waals surface area (Å²) in [7, 11) is -4.61. The van der Waals surface area contributed by atoms with Crippen molar-refractivity contribution in [2.24, 2.45) is 5.92 Å². The molecule has 4 rings (SSSR count). The smallest absolute Gasteiger partial charge is 0.345 e. The molecule has 1 saturated carbocycles. The van der Waals surface area contributed by atoms with Gasteiger partial charge in [-0.1, -0.05) is 13.3 Å². The minimum atomic E-state index is -4.61. The van der Waals surface area contributed by atoms with Gasteiger partial charge >= 0.3 is 5.76 Å². The Hall–Kier alpha value is -2.14. The summed E-state index contributed by atoms with van der Waals surface area (Å²) in [6, 6.07) is 1.33. The molecule has 1 aliphatic carbocycles. The third-order valence-corrected chi connectivity index (χ3v) is 6.21. The van der Waals surface area contributed by atoms with Gasteiger partial charge in [0, 0.05) is 18.2 Å². The van der Waals surface area contributed by atoms with E-state index in [1.165, 1.54) is 0 Å². The molecule has 3 heterocycles. The lowest BCUT2D eigenvalue weighted by molar-refractivity contribution is 0.231. The third-order valence-electron chi connectivity index (χ3n) is 5.08. The molecule has 0 aromatic carbocycles. The largest absolute Gasteiger partial charge is 0.350 e. The van der Waals surface area contributed by atoms with Crippen molar-refractivity contribution in [2.45, 2.75) is 43.9 Å². The number of alkyl halides is 2. The molecule has 3 atom stereocenters. The van der Waals surface area contributed by atoms with Gasteiger partial charge in [-0.25, -0.2) is 18.1 Å². The second kappa shape index (κ2) is 6.23. The lowest BCUT2D eigenvalue weighted by Gasteiger charge is -2.16. The highest BCUT2D eigenvalue weighted by atomic mass is 32.2. The lowest BCUT2D eigenvalue weighted by Crippen LogP contribution is -2.36. The summed E-state index contributed by atoms with van der Waals surface area (Å²) in [6.45, 7) is 2.00. The Morgan fingerprint density at radius 1 is 1.38 bits per heavy atom. The molecule has 1 aliphatic rings. The van der Waals surface area contributed by atoms with Crippen molar-refractivity contribution < 1.29 is 17.2 Å². The fourth-order valence-electron chi connectivity index (χ4n) is 3.91. The van der Waals surface area contributed by atoms with E-state index in [4.69, 9.17) is 0 Å². The van der Waals surface area contributed by atoms with Crippen LogP contribution in [0.1, 0.15) is 37.9 Å². The van der Waals surface area contributed by atoms with E-state index in [0.717, 1.165) is 11.9 Å². The second-order valence-corrected chi connectivity index (χ2v) is 8.27. The van der Waals surface area contributed by atoms with Gasteiger partial charge in [-0.3, -0.25) is 4.40 Å². The van der Waals surface area contributed by atoms with Gasteiger partial charge in [-0.15, -0.1) is 10.2 Å². The van der Waals surface area contributed by atoms with Gasteiger partial charge in [-0.05, 0) is 24.8 Å². The van der Waals surface area contributed by atoms with Crippen LogP contribution in [0.4, 0.5) is 8.78 Å². The highest BCUT2D eigenvalue weighted by Gasteiger charge is 2.40. The SMILES string of the molecule is CCC1CC(NS(=O)(=O)C(F)F)CC1c1nnc2cnc3[nH]ccc3n12. The summed E-state index contributed by atoms with van der Waals surface area (Å²) in [5.41, 5.74) is 2.12. The van der Waals surface area contributed by atoms with Crippen molar-refractivity contribution in [1.82, 2.24) is 29.3 Å². The van der Waals surface area contributed by atoms with Crippen LogP contribution >= 0.6 is 0 Å². The van der Waals surface area contributed by atoms with Crippen molar-refractivity contribution in [3.8, 4) is 0 Å². The Morgan fingerprint density at radius 2 is 2.19 bits per heavy atom. The quantitative estimate of drug-likeness (QED) is 0.700. The molecule has 2 N–H and O–H groups in total. The zero-order valence-electron chi connectivity index (χ0n) is 13.9. The summed E-state index contributed by atoms with van der Waals surface area (Å²) in [5.74, 6) is -2.69. The Bertz CT molecular complexity index is 1050. The number of sulfonamides is 1. The van der Waals surface area contributed by atoms with Crippen LogP contribution in [0.3, 0.4) is 0 Å². The maximum Gasteiger partial charge on any atom is 0.350 e. The topological polar surface area (TPSA) is 105 Å². The molecule has 26 heavy (non-hydrogen) atoms. The molecule has 140 valence electrons. The fraction of sp³-hybridized carbons (Fsp3) is 0.533. The number of aromatic amines is 1. The predicted molar refractivity (Wildman–Crippen MR) is 90.2 cm³/mol. The zero-order chi connectivity index (χ0) is 18.5. The minimum Gasteiger partial charge on any atom is -0.345 e. The molecule has 0 spiro atoms. The van der Waals surface area contributed by atoms with Gasteiger partial charge < -0.3 is 4.98 Å². The van der Waals surface area contributed by atoms with E-state index < -0.39 is 21.8 Å². The second-order valence-electron chi connectivity index (χ2n) is 6.59. The summed E-state index contributed by atoms with van der Waals surface area (Å²) < 4.78 is 52.4. The molecule has 1 fully saturated rings. The molecule has 0 aliphatic heterocycles. The highest BCUT2D eigenvalue weighted by molar-refractivity contribution is 7.89. The van der Waals surface area contributed by atoms with Crippen molar-refractivity contribution in [3.63, 3.8) is 0 Å². The minimum absolute atomic E-state index is 0.0825. The molecular formula is C15H18F2N6O2S. The molecule has 8 nitrogen and oxygen atoms in total. The molecule has 0 saturated heterocycles. The van der Waals surface area contributed by atoms with Crippen LogP contribution in [0.15, 0.2) is 18.5 Å². The molecular weight excluding hydrogens is 366 g/mol. The number of fused-ring (bicyclic) bond motifs is 3. The number of aromatic nitrogens is 5. The van der Waals surface area contributed by atoms with E-state index in [1.807, 2.05) is 17.4 Å². The number of hydrogen-bond acceptors (Lipinski definition) is 5. The number of H-pyrrole nitrogens is 1. The predicted octanol–water partition coefficient (Wildman–Crippen LogP) is 2.02. The van der Waals surface area contributed by atoms with E-state index in [1.54, 1.807) is 12.4 Å². The Labute approximate surface area is 148 Å². The summed E-state index contributed by atoms with van der Waals surface area (Å²) in [4.78, 5) is 7.31. The van der Waals surface area contributed by atoms with Gasteiger partial charge in [-0.2, -0.15) is 8.78 Å². The number of nitrogens with one attached hydrogen (secondary N) is 2. The lowest BCUT2D eigenvalue weighted by atomic mass is 9.93. The summed E-state index contributed by atoms with van der Waals surface area (Å²) in [5, 5.41) is 8.47. The number of rotatable bonds is 5. The van der Waals surface area contributed by atoms with Crippen molar-refractivity contribution in [2.75, 3.05) is 0 Å². The average molecular weight is 384 g/mol. The Morgan fingerprint density at radius 3 is 2.92 bits per heavy atom. The van der Waals surface area contributed by atoms with E-state index in [9.17, 15) is 17.2 Å². The first-order valence-corrected chi connectivity index (χ1v) is 9.91. The summed E-state index contributed by atoms with van der Waals surface area (Å²) in [6.07, 6.45) is 5.06. The van der Waals surface area contributed by atoms with E-state index in [0.29, 0.717) is 30.0 Å². The fourth-order valence-corrected chi connectivity index (χ4v) is 4.67. The van der Waals surface area contributed by atoms with Gasteiger partial charge in [0.15, 0.2) is 11.3 Å².